The van der Waals surface area contributed by atoms with E-state index >= 15 is 0 Å². The van der Waals surface area contributed by atoms with Crippen LogP contribution < -0.4 is 10.6 Å². The maximum absolute atomic E-state index is 12.2. The Labute approximate surface area is 130 Å². The number of aromatic nitrogens is 3. The predicted molar refractivity (Wildman–Crippen MR) is 85.6 cm³/mol. The first-order valence-corrected chi connectivity index (χ1v) is 7.15. The van der Waals surface area contributed by atoms with Crippen LogP contribution in [0.2, 0.25) is 0 Å². The van der Waals surface area contributed by atoms with Gasteiger partial charge in [0.25, 0.3) is 5.91 Å². The van der Waals surface area contributed by atoms with Crippen molar-refractivity contribution in [2.45, 2.75) is 39.8 Å². The molecule has 0 fully saturated rings. The number of hydrogen-bond donors (Lipinski definition) is 2. The van der Waals surface area contributed by atoms with Crippen LogP contribution in [-0.2, 0) is 6.54 Å². The summed E-state index contributed by atoms with van der Waals surface area (Å²) in [6.07, 6.45) is 1.70. The van der Waals surface area contributed by atoms with E-state index in [0.717, 1.165) is 11.4 Å². The summed E-state index contributed by atoms with van der Waals surface area (Å²) < 4.78 is 0. The van der Waals surface area contributed by atoms with Crippen molar-refractivity contribution in [1.82, 2.24) is 20.3 Å². The van der Waals surface area contributed by atoms with Gasteiger partial charge in [-0.3, -0.25) is 9.78 Å². The fraction of sp³-hybridized carbons (Fsp3) is 0.375. The Kier molecular flexibility index (Phi) is 4.70. The monoisotopic (exact) mass is 299 g/mol. The third kappa shape index (κ3) is 4.80. The highest BCUT2D eigenvalue weighted by Crippen LogP contribution is 2.11. The van der Waals surface area contributed by atoms with Gasteiger partial charge in [0.2, 0.25) is 5.95 Å². The Morgan fingerprint density at radius 3 is 2.64 bits per heavy atom. The molecule has 0 bridgehead atoms. The number of pyridine rings is 1. The summed E-state index contributed by atoms with van der Waals surface area (Å²) in [6.45, 7) is 8.24. The Morgan fingerprint density at radius 2 is 2.00 bits per heavy atom. The van der Waals surface area contributed by atoms with Crippen LogP contribution in [0.4, 0.5) is 5.95 Å². The second kappa shape index (κ2) is 6.51. The lowest BCUT2D eigenvalue weighted by Crippen LogP contribution is -2.29. The van der Waals surface area contributed by atoms with Crippen molar-refractivity contribution in [1.29, 1.82) is 0 Å². The summed E-state index contributed by atoms with van der Waals surface area (Å²) in [6, 6.07) is 7.25. The van der Waals surface area contributed by atoms with Crippen molar-refractivity contribution >= 4 is 11.9 Å². The summed E-state index contributed by atoms with van der Waals surface area (Å²) >= 11 is 0. The molecule has 0 spiro atoms. The lowest BCUT2D eigenvalue weighted by atomic mass is 10.1. The third-order valence-electron chi connectivity index (χ3n) is 2.73. The number of rotatable bonds is 4. The van der Waals surface area contributed by atoms with Gasteiger partial charge in [0.05, 0.1) is 12.2 Å². The summed E-state index contributed by atoms with van der Waals surface area (Å²) in [7, 11) is 0. The molecule has 22 heavy (non-hydrogen) atoms. The minimum atomic E-state index is -0.242. The molecule has 2 aromatic rings. The lowest BCUT2D eigenvalue weighted by molar-refractivity contribution is 0.0945. The smallest absolute Gasteiger partial charge is 0.270 e. The van der Waals surface area contributed by atoms with E-state index in [-0.39, 0.29) is 11.4 Å². The van der Waals surface area contributed by atoms with Crippen LogP contribution in [0.1, 0.15) is 42.6 Å². The zero-order valence-electron chi connectivity index (χ0n) is 13.3. The van der Waals surface area contributed by atoms with Gasteiger partial charge in [-0.05, 0) is 45.9 Å². The topological polar surface area (TPSA) is 79.8 Å². The van der Waals surface area contributed by atoms with Gasteiger partial charge in [-0.2, -0.15) is 0 Å². The van der Waals surface area contributed by atoms with Crippen molar-refractivity contribution < 1.29 is 4.79 Å². The number of carbonyl (C=O) groups is 1. The number of amides is 1. The van der Waals surface area contributed by atoms with E-state index in [1.54, 1.807) is 12.3 Å². The van der Waals surface area contributed by atoms with Crippen LogP contribution in [0.5, 0.6) is 0 Å². The molecule has 6 heteroatoms. The van der Waals surface area contributed by atoms with Gasteiger partial charge >= 0.3 is 0 Å². The third-order valence-corrected chi connectivity index (χ3v) is 2.73. The van der Waals surface area contributed by atoms with E-state index in [4.69, 9.17) is 0 Å². The van der Waals surface area contributed by atoms with Crippen LogP contribution in [0.15, 0.2) is 30.5 Å². The van der Waals surface area contributed by atoms with Gasteiger partial charge in [-0.1, -0.05) is 6.07 Å². The zero-order chi connectivity index (χ0) is 16.2. The lowest BCUT2D eigenvalue weighted by Gasteiger charge is -2.20. The molecule has 0 aromatic carbocycles. The predicted octanol–water partition coefficient (Wildman–Crippen LogP) is 2.32. The van der Waals surface area contributed by atoms with Gasteiger partial charge in [-0.15, -0.1) is 0 Å². The molecule has 1 amide bonds. The summed E-state index contributed by atoms with van der Waals surface area (Å²) in [5.41, 5.74) is 1.71. The van der Waals surface area contributed by atoms with Crippen LogP contribution in [-0.4, -0.2) is 26.4 Å². The van der Waals surface area contributed by atoms with E-state index in [0.29, 0.717) is 18.2 Å². The molecule has 2 rings (SSSR count). The van der Waals surface area contributed by atoms with Crippen molar-refractivity contribution in [3.8, 4) is 0 Å². The molecule has 2 aromatic heterocycles. The van der Waals surface area contributed by atoms with E-state index in [1.807, 2.05) is 45.9 Å². The Bertz CT molecular complexity index is 649. The fourth-order valence-electron chi connectivity index (χ4n) is 1.84. The quantitative estimate of drug-likeness (QED) is 0.905. The number of carbonyl (C=O) groups excluding carboxylic acids is 1. The van der Waals surface area contributed by atoms with Crippen LogP contribution >= 0.6 is 0 Å². The van der Waals surface area contributed by atoms with Gasteiger partial charge in [0.1, 0.15) is 5.69 Å². The van der Waals surface area contributed by atoms with Crippen molar-refractivity contribution in [2.75, 3.05) is 5.32 Å². The second-order valence-corrected chi connectivity index (χ2v) is 6.10. The zero-order valence-corrected chi connectivity index (χ0v) is 13.3. The summed E-state index contributed by atoms with van der Waals surface area (Å²) in [4.78, 5) is 25.0. The molecule has 0 atom stereocenters. The summed E-state index contributed by atoms with van der Waals surface area (Å²) in [5.74, 6) is 0.212. The van der Waals surface area contributed by atoms with Gasteiger partial charge in [-0.25, -0.2) is 9.97 Å². The van der Waals surface area contributed by atoms with Crippen LogP contribution in [0.3, 0.4) is 0 Å². The molecule has 0 aliphatic carbocycles. The van der Waals surface area contributed by atoms with E-state index in [9.17, 15) is 4.79 Å². The van der Waals surface area contributed by atoms with E-state index in [2.05, 4.69) is 25.6 Å². The molecule has 0 aliphatic rings. The number of anilines is 1. The normalized spacial score (nSPS) is 11.1. The molecular formula is C16H21N5O. The number of aryl methyl sites for hydroxylation is 1. The molecule has 6 nitrogen and oxygen atoms in total. The first-order valence-electron chi connectivity index (χ1n) is 7.15. The van der Waals surface area contributed by atoms with Crippen molar-refractivity contribution in [3.05, 3.63) is 47.5 Å². The molecule has 0 saturated carbocycles. The Balaban J connectivity index is 2.09. The highest BCUT2D eigenvalue weighted by atomic mass is 16.1. The van der Waals surface area contributed by atoms with Gasteiger partial charge < -0.3 is 10.6 Å². The van der Waals surface area contributed by atoms with Crippen LogP contribution in [0, 0.1) is 6.92 Å². The van der Waals surface area contributed by atoms with Crippen molar-refractivity contribution in [3.63, 3.8) is 0 Å². The molecule has 0 saturated heterocycles. The second-order valence-electron chi connectivity index (χ2n) is 6.10. The van der Waals surface area contributed by atoms with Gasteiger partial charge in [0, 0.05) is 17.4 Å². The first-order chi connectivity index (χ1) is 10.3. The van der Waals surface area contributed by atoms with Gasteiger partial charge in [0.15, 0.2) is 0 Å². The molecule has 2 heterocycles. The van der Waals surface area contributed by atoms with Crippen molar-refractivity contribution in [2.24, 2.45) is 0 Å². The SMILES string of the molecule is Cc1cc(C(=O)NCc2ccccn2)nc(NC(C)(C)C)n1. The fourth-order valence-corrected chi connectivity index (χ4v) is 1.84. The molecule has 2 N–H and O–H groups in total. The average molecular weight is 299 g/mol. The molecule has 0 unspecified atom stereocenters. The minimum Gasteiger partial charge on any atom is -0.350 e. The van der Waals surface area contributed by atoms with Crippen LogP contribution in [0.25, 0.3) is 0 Å². The highest BCUT2D eigenvalue weighted by molar-refractivity contribution is 5.92. The molecular weight excluding hydrogens is 278 g/mol. The number of nitrogens with one attached hydrogen (secondary N) is 2. The minimum absolute atomic E-state index is 0.171. The summed E-state index contributed by atoms with van der Waals surface area (Å²) in [5, 5.41) is 5.99. The Hall–Kier alpha value is -2.50. The standard InChI is InChI=1S/C16H21N5O/c1-11-9-13(20-15(19-11)21-16(2,3)4)14(22)18-10-12-7-5-6-8-17-12/h5-9H,10H2,1-4H3,(H,18,22)(H,19,20,21). The van der Waals surface area contributed by atoms with E-state index < -0.39 is 0 Å². The molecule has 0 aliphatic heterocycles. The first kappa shape index (κ1) is 15.9. The maximum Gasteiger partial charge on any atom is 0.270 e. The number of hydrogen-bond acceptors (Lipinski definition) is 5. The molecule has 116 valence electrons. The Morgan fingerprint density at radius 1 is 1.23 bits per heavy atom. The largest absolute Gasteiger partial charge is 0.350 e. The molecule has 0 radical (unpaired) electrons. The highest BCUT2D eigenvalue weighted by Gasteiger charge is 2.15. The van der Waals surface area contributed by atoms with E-state index in [1.165, 1.54) is 0 Å². The average Bonchev–Trinajstić information content (AvgIpc) is 2.43. The number of nitrogens with zero attached hydrogens (tertiary/aromatic N) is 3. The maximum atomic E-state index is 12.2.